The lowest BCUT2D eigenvalue weighted by molar-refractivity contribution is 0.0997. The summed E-state index contributed by atoms with van der Waals surface area (Å²) < 4.78 is 27.8. The Balaban J connectivity index is 2.61. The van der Waals surface area contributed by atoms with Crippen LogP contribution in [0.5, 0.6) is 0 Å². The monoisotopic (exact) mass is 319 g/mol. The fraction of sp³-hybridized carbons (Fsp3) is 0.200. The quantitative estimate of drug-likeness (QED) is 0.881. The normalized spacial score (nSPS) is 11.4. The van der Waals surface area contributed by atoms with Gasteiger partial charge in [-0.15, -0.1) is 0 Å². The van der Waals surface area contributed by atoms with Crippen molar-refractivity contribution in [1.82, 2.24) is 4.98 Å². The fourth-order valence-electron chi connectivity index (χ4n) is 2.13. The third-order valence-corrected chi connectivity index (χ3v) is 4.61. The number of anilines is 1. The van der Waals surface area contributed by atoms with Gasteiger partial charge in [-0.25, -0.2) is 8.42 Å². The van der Waals surface area contributed by atoms with Crippen LogP contribution in [0.2, 0.25) is 0 Å². The number of rotatable bonds is 5. The number of nitrogens with zero attached hydrogens (tertiary/aromatic N) is 1. The van der Waals surface area contributed by atoms with Crippen molar-refractivity contribution in [2.24, 2.45) is 5.73 Å². The highest BCUT2D eigenvalue weighted by molar-refractivity contribution is 7.92. The van der Waals surface area contributed by atoms with Crippen LogP contribution in [0.15, 0.2) is 47.6 Å². The van der Waals surface area contributed by atoms with Gasteiger partial charge in [0.15, 0.2) is 0 Å². The maximum Gasteiger partial charge on any atom is 0.263 e. The number of primary amides is 1. The number of amides is 1. The van der Waals surface area contributed by atoms with Crippen molar-refractivity contribution in [2.45, 2.75) is 24.7 Å². The van der Waals surface area contributed by atoms with Crippen LogP contribution in [0.1, 0.15) is 35.7 Å². The van der Waals surface area contributed by atoms with E-state index in [9.17, 15) is 13.2 Å². The smallest absolute Gasteiger partial charge is 0.263 e. The number of sulfonamides is 1. The summed E-state index contributed by atoms with van der Waals surface area (Å²) >= 11 is 0. The van der Waals surface area contributed by atoms with Crippen molar-refractivity contribution in [3.8, 4) is 0 Å². The van der Waals surface area contributed by atoms with Crippen LogP contribution in [0.3, 0.4) is 0 Å². The molecule has 0 saturated carbocycles. The van der Waals surface area contributed by atoms with Gasteiger partial charge in [-0.2, -0.15) is 0 Å². The molecule has 0 bridgehead atoms. The summed E-state index contributed by atoms with van der Waals surface area (Å²) in [4.78, 5) is 15.4. The van der Waals surface area contributed by atoms with E-state index in [2.05, 4.69) is 9.71 Å². The lowest BCUT2D eigenvalue weighted by atomic mass is 10.0. The van der Waals surface area contributed by atoms with Gasteiger partial charge in [0.2, 0.25) is 5.91 Å². The molecule has 0 unspecified atom stereocenters. The molecule has 0 aliphatic heterocycles. The number of carbonyl (C=O) groups excluding carboxylic acids is 1. The number of hydrogen-bond donors (Lipinski definition) is 2. The number of benzene rings is 1. The van der Waals surface area contributed by atoms with Crippen molar-refractivity contribution in [2.75, 3.05) is 4.72 Å². The van der Waals surface area contributed by atoms with Gasteiger partial charge >= 0.3 is 0 Å². The van der Waals surface area contributed by atoms with Crippen molar-refractivity contribution in [1.29, 1.82) is 0 Å². The highest BCUT2D eigenvalue weighted by Gasteiger charge is 2.26. The third-order valence-electron chi connectivity index (χ3n) is 3.12. The van der Waals surface area contributed by atoms with E-state index in [1.807, 2.05) is 13.8 Å². The molecule has 0 aliphatic carbocycles. The number of nitrogens with one attached hydrogen (secondary N) is 1. The molecule has 1 heterocycles. The first kappa shape index (κ1) is 16.0. The average Bonchev–Trinajstić information content (AvgIpc) is 2.46. The van der Waals surface area contributed by atoms with Crippen LogP contribution in [0, 0.1) is 0 Å². The summed E-state index contributed by atoms with van der Waals surface area (Å²) in [5, 5.41) is 0. The maximum absolute atomic E-state index is 12.7. The number of aromatic nitrogens is 1. The lowest BCUT2D eigenvalue weighted by Gasteiger charge is -2.17. The Bertz CT molecular complexity index is 787. The summed E-state index contributed by atoms with van der Waals surface area (Å²) in [5.41, 5.74) is 6.16. The molecule has 1 amide bonds. The molecule has 6 nitrogen and oxygen atoms in total. The third kappa shape index (κ3) is 3.25. The second-order valence-corrected chi connectivity index (χ2v) is 6.71. The molecule has 116 valence electrons. The van der Waals surface area contributed by atoms with Gasteiger partial charge in [0.05, 0.1) is 17.4 Å². The van der Waals surface area contributed by atoms with E-state index in [0.717, 1.165) is 0 Å². The zero-order valence-electron chi connectivity index (χ0n) is 12.3. The summed E-state index contributed by atoms with van der Waals surface area (Å²) in [6.45, 7) is 3.70. The molecule has 2 aromatic rings. The van der Waals surface area contributed by atoms with E-state index in [1.165, 1.54) is 18.5 Å². The highest BCUT2D eigenvalue weighted by Crippen LogP contribution is 2.28. The summed E-state index contributed by atoms with van der Waals surface area (Å²) in [7, 11) is -3.96. The largest absolute Gasteiger partial charge is 0.366 e. The van der Waals surface area contributed by atoms with Gasteiger partial charge in [0, 0.05) is 6.20 Å². The lowest BCUT2D eigenvalue weighted by Crippen LogP contribution is -2.22. The van der Waals surface area contributed by atoms with Gasteiger partial charge < -0.3 is 5.73 Å². The first-order valence-corrected chi connectivity index (χ1v) is 8.17. The first-order chi connectivity index (χ1) is 10.3. The van der Waals surface area contributed by atoms with E-state index in [4.69, 9.17) is 5.73 Å². The van der Waals surface area contributed by atoms with Crippen LogP contribution < -0.4 is 10.5 Å². The molecule has 0 saturated heterocycles. The Kier molecular flexibility index (Phi) is 4.46. The molecule has 2 rings (SSSR count). The van der Waals surface area contributed by atoms with E-state index in [-0.39, 0.29) is 16.4 Å². The van der Waals surface area contributed by atoms with Crippen LogP contribution in [-0.2, 0) is 10.0 Å². The maximum atomic E-state index is 12.7. The molecule has 3 N–H and O–H groups in total. The minimum Gasteiger partial charge on any atom is -0.366 e. The number of carbonyl (C=O) groups is 1. The second kappa shape index (κ2) is 6.15. The predicted octanol–water partition coefficient (Wildman–Crippen LogP) is 2.10. The minimum absolute atomic E-state index is 0.0254. The van der Waals surface area contributed by atoms with Crippen molar-refractivity contribution in [3.63, 3.8) is 0 Å². The molecule has 1 aromatic carbocycles. The SMILES string of the molecule is CC(C)c1cccc(C(N)=O)c1S(=O)(=O)Nc1cccnc1. The molecule has 0 spiro atoms. The first-order valence-electron chi connectivity index (χ1n) is 6.68. The minimum atomic E-state index is -3.96. The van der Waals surface area contributed by atoms with Gasteiger partial charge in [0.25, 0.3) is 10.0 Å². The Morgan fingerprint density at radius 2 is 1.95 bits per heavy atom. The Labute approximate surface area is 129 Å². The van der Waals surface area contributed by atoms with Crippen LogP contribution in [0.25, 0.3) is 0 Å². The topological polar surface area (TPSA) is 102 Å². The molecule has 0 atom stereocenters. The standard InChI is InChI=1S/C15H17N3O3S/c1-10(2)12-6-3-7-13(15(16)19)14(12)22(20,21)18-11-5-4-8-17-9-11/h3-10,18H,1-2H3,(H2,16,19). The molecule has 0 fully saturated rings. The van der Waals surface area contributed by atoms with Crippen LogP contribution in [0.4, 0.5) is 5.69 Å². The molecule has 0 radical (unpaired) electrons. The van der Waals surface area contributed by atoms with Crippen LogP contribution >= 0.6 is 0 Å². The van der Waals surface area contributed by atoms with Crippen molar-refractivity contribution < 1.29 is 13.2 Å². The van der Waals surface area contributed by atoms with Gasteiger partial charge in [-0.05, 0) is 29.7 Å². The molecular formula is C15H17N3O3S. The molecule has 22 heavy (non-hydrogen) atoms. The molecular weight excluding hydrogens is 302 g/mol. The summed E-state index contributed by atoms with van der Waals surface area (Å²) in [6.07, 6.45) is 2.92. The Morgan fingerprint density at radius 1 is 1.23 bits per heavy atom. The van der Waals surface area contributed by atoms with Gasteiger partial charge in [0.1, 0.15) is 4.90 Å². The Morgan fingerprint density at radius 3 is 2.50 bits per heavy atom. The van der Waals surface area contributed by atoms with E-state index < -0.39 is 15.9 Å². The second-order valence-electron chi connectivity index (χ2n) is 5.09. The van der Waals surface area contributed by atoms with E-state index in [0.29, 0.717) is 11.3 Å². The summed E-state index contributed by atoms with van der Waals surface area (Å²) in [5.74, 6) is -0.867. The number of hydrogen-bond acceptors (Lipinski definition) is 4. The van der Waals surface area contributed by atoms with E-state index in [1.54, 1.807) is 24.3 Å². The summed E-state index contributed by atoms with van der Waals surface area (Å²) in [6, 6.07) is 7.90. The predicted molar refractivity (Wildman–Crippen MR) is 84.1 cm³/mol. The van der Waals surface area contributed by atoms with Crippen LogP contribution in [-0.4, -0.2) is 19.3 Å². The van der Waals surface area contributed by atoms with Crippen molar-refractivity contribution in [3.05, 3.63) is 53.9 Å². The fourth-order valence-corrected chi connectivity index (χ4v) is 3.74. The molecule has 7 heteroatoms. The Hall–Kier alpha value is -2.41. The molecule has 0 aliphatic rings. The average molecular weight is 319 g/mol. The zero-order valence-corrected chi connectivity index (χ0v) is 13.1. The van der Waals surface area contributed by atoms with E-state index >= 15 is 0 Å². The van der Waals surface area contributed by atoms with Gasteiger partial charge in [-0.3, -0.25) is 14.5 Å². The highest BCUT2D eigenvalue weighted by atomic mass is 32.2. The zero-order chi connectivity index (χ0) is 16.3. The van der Waals surface area contributed by atoms with Crippen molar-refractivity contribution >= 4 is 21.6 Å². The van der Waals surface area contributed by atoms with Gasteiger partial charge in [-0.1, -0.05) is 26.0 Å². The molecule has 1 aromatic heterocycles. The number of nitrogens with two attached hydrogens (primary N) is 1. The number of pyridine rings is 1.